The molecule has 0 radical (unpaired) electrons. The number of halogens is 1. The molecule has 1 saturated heterocycles. The van der Waals surface area contributed by atoms with Crippen molar-refractivity contribution >= 4 is 15.9 Å². The van der Waals surface area contributed by atoms with E-state index in [0.717, 1.165) is 49.9 Å². The summed E-state index contributed by atoms with van der Waals surface area (Å²) >= 11 is 3.41. The molecule has 4 nitrogen and oxygen atoms in total. The highest BCUT2D eigenvalue weighted by Crippen LogP contribution is 2.33. The Bertz CT molecular complexity index is 366. The fraction of sp³-hybridized carbons (Fsp3) is 0.769. The molecular weight excluding hydrogens is 294 g/mol. The van der Waals surface area contributed by atoms with Gasteiger partial charge in [0.1, 0.15) is 0 Å². The number of nitrogens with zero attached hydrogens (tertiary/aromatic N) is 3. The maximum atomic E-state index is 9.50. The molecule has 1 N–H and O–H groups in total. The van der Waals surface area contributed by atoms with Crippen LogP contribution in [0.1, 0.15) is 26.2 Å². The minimum Gasteiger partial charge on any atom is -0.396 e. The van der Waals surface area contributed by atoms with Crippen molar-refractivity contribution in [3.63, 3.8) is 0 Å². The summed E-state index contributed by atoms with van der Waals surface area (Å²) in [4.78, 5) is 2.47. The third-order valence-electron chi connectivity index (χ3n) is 4.25. The monoisotopic (exact) mass is 315 g/mol. The summed E-state index contributed by atoms with van der Waals surface area (Å²) in [7, 11) is 0. The summed E-state index contributed by atoms with van der Waals surface area (Å²) in [6.45, 7) is 6.69. The van der Waals surface area contributed by atoms with Crippen LogP contribution >= 0.6 is 15.9 Å². The Labute approximate surface area is 117 Å². The van der Waals surface area contributed by atoms with Crippen LogP contribution in [0, 0.1) is 5.41 Å². The number of aliphatic hydroxyl groups excluding tert-OH is 1. The first-order valence-electron chi connectivity index (χ1n) is 6.69. The molecule has 1 aromatic rings. The van der Waals surface area contributed by atoms with E-state index in [1.54, 1.807) is 0 Å². The molecule has 18 heavy (non-hydrogen) atoms. The summed E-state index contributed by atoms with van der Waals surface area (Å²) in [5.74, 6) is 0. The van der Waals surface area contributed by atoms with Crippen LogP contribution in [-0.2, 0) is 6.54 Å². The lowest BCUT2D eigenvalue weighted by atomic mass is 9.77. The fourth-order valence-electron chi connectivity index (χ4n) is 2.58. The lowest BCUT2D eigenvalue weighted by molar-refractivity contribution is 0.0395. The van der Waals surface area contributed by atoms with Crippen LogP contribution in [0.15, 0.2) is 16.9 Å². The molecule has 0 bridgehead atoms. The van der Waals surface area contributed by atoms with Crippen molar-refractivity contribution in [1.82, 2.24) is 14.7 Å². The molecule has 2 rings (SSSR count). The summed E-state index contributed by atoms with van der Waals surface area (Å²) in [5, 5.41) is 13.8. The van der Waals surface area contributed by atoms with Crippen molar-refractivity contribution in [2.45, 2.75) is 32.7 Å². The summed E-state index contributed by atoms with van der Waals surface area (Å²) < 4.78 is 3.00. The van der Waals surface area contributed by atoms with Gasteiger partial charge >= 0.3 is 0 Å². The SMILES string of the molecule is CCC1(CO)CCN(CCn2cc(Br)cn2)CC1. The normalized spacial score (nSPS) is 20.2. The Morgan fingerprint density at radius 3 is 2.61 bits per heavy atom. The zero-order chi connectivity index (χ0) is 13.0. The van der Waals surface area contributed by atoms with Gasteiger partial charge in [-0.2, -0.15) is 5.10 Å². The minimum absolute atomic E-state index is 0.186. The Morgan fingerprint density at radius 2 is 2.11 bits per heavy atom. The van der Waals surface area contributed by atoms with Crippen LogP contribution in [0.4, 0.5) is 0 Å². The zero-order valence-corrected chi connectivity index (χ0v) is 12.6. The maximum absolute atomic E-state index is 9.50. The van der Waals surface area contributed by atoms with Crippen LogP contribution in [0.2, 0.25) is 0 Å². The van der Waals surface area contributed by atoms with Gasteiger partial charge in [0.15, 0.2) is 0 Å². The van der Waals surface area contributed by atoms with Crippen LogP contribution in [0.5, 0.6) is 0 Å². The Hall–Kier alpha value is -0.390. The average Bonchev–Trinajstić information content (AvgIpc) is 2.83. The topological polar surface area (TPSA) is 41.3 Å². The molecule has 0 unspecified atom stereocenters. The number of likely N-dealkylation sites (tertiary alicyclic amines) is 1. The van der Waals surface area contributed by atoms with E-state index in [0.29, 0.717) is 6.61 Å². The van der Waals surface area contributed by atoms with E-state index in [1.807, 2.05) is 17.1 Å². The molecule has 2 heterocycles. The number of piperidine rings is 1. The van der Waals surface area contributed by atoms with E-state index in [2.05, 4.69) is 32.9 Å². The van der Waals surface area contributed by atoms with Crippen LogP contribution in [-0.4, -0.2) is 46.0 Å². The molecular formula is C13H22BrN3O. The van der Waals surface area contributed by atoms with Gasteiger partial charge in [0.25, 0.3) is 0 Å². The van der Waals surface area contributed by atoms with Gasteiger partial charge in [-0.05, 0) is 53.7 Å². The molecule has 5 heteroatoms. The summed E-state index contributed by atoms with van der Waals surface area (Å²) in [6, 6.07) is 0. The lowest BCUT2D eigenvalue weighted by Gasteiger charge is -2.40. The van der Waals surface area contributed by atoms with Gasteiger partial charge in [0.2, 0.25) is 0 Å². The second-order valence-corrected chi connectivity index (χ2v) is 6.19. The molecule has 0 aromatic carbocycles. The Morgan fingerprint density at radius 1 is 1.39 bits per heavy atom. The van der Waals surface area contributed by atoms with Crippen LogP contribution < -0.4 is 0 Å². The van der Waals surface area contributed by atoms with Gasteiger partial charge in [-0.15, -0.1) is 0 Å². The molecule has 0 atom stereocenters. The molecule has 1 fully saturated rings. The van der Waals surface area contributed by atoms with Crippen molar-refractivity contribution in [3.05, 3.63) is 16.9 Å². The van der Waals surface area contributed by atoms with Gasteiger partial charge in [-0.1, -0.05) is 6.92 Å². The maximum Gasteiger partial charge on any atom is 0.0632 e. The first kappa shape index (κ1) is 14.0. The van der Waals surface area contributed by atoms with Crippen molar-refractivity contribution in [3.8, 4) is 0 Å². The van der Waals surface area contributed by atoms with E-state index in [-0.39, 0.29) is 5.41 Å². The predicted molar refractivity (Wildman–Crippen MR) is 75.4 cm³/mol. The molecule has 0 spiro atoms. The molecule has 1 aromatic heterocycles. The Balaban J connectivity index is 1.77. The largest absolute Gasteiger partial charge is 0.396 e. The van der Waals surface area contributed by atoms with Gasteiger partial charge in [-0.3, -0.25) is 4.68 Å². The quantitative estimate of drug-likeness (QED) is 0.905. The third kappa shape index (κ3) is 3.33. The van der Waals surface area contributed by atoms with E-state index in [4.69, 9.17) is 0 Å². The van der Waals surface area contributed by atoms with E-state index in [9.17, 15) is 5.11 Å². The molecule has 0 saturated carbocycles. The minimum atomic E-state index is 0.186. The average molecular weight is 316 g/mol. The highest BCUT2D eigenvalue weighted by Gasteiger charge is 2.31. The highest BCUT2D eigenvalue weighted by atomic mass is 79.9. The second-order valence-electron chi connectivity index (χ2n) is 5.27. The van der Waals surface area contributed by atoms with Crippen molar-refractivity contribution in [2.24, 2.45) is 5.41 Å². The van der Waals surface area contributed by atoms with Gasteiger partial charge in [-0.25, -0.2) is 0 Å². The van der Waals surface area contributed by atoms with Gasteiger partial charge < -0.3 is 10.0 Å². The molecule has 1 aliphatic heterocycles. The number of hydrogen-bond acceptors (Lipinski definition) is 3. The second kappa shape index (κ2) is 6.17. The first-order chi connectivity index (χ1) is 8.67. The van der Waals surface area contributed by atoms with E-state index in [1.165, 1.54) is 0 Å². The third-order valence-corrected chi connectivity index (χ3v) is 4.66. The van der Waals surface area contributed by atoms with Crippen LogP contribution in [0.3, 0.4) is 0 Å². The van der Waals surface area contributed by atoms with Crippen molar-refractivity contribution < 1.29 is 5.11 Å². The highest BCUT2D eigenvalue weighted by molar-refractivity contribution is 9.10. The molecule has 102 valence electrons. The summed E-state index contributed by atoms with van der Waals surface area (Å²) in [5.41, 5.74) is 0.186. The smallest absolute Gasteiger partial charge is 0.0632 e. The fourth-order valence-corrected chi connectivity index (χ4v) is 2.91. The first-order valence-corrected chi connectivity index (χ1v) is 7.48. The number of hydrogen-bond donors (Lipinski definition) is 1. The number of rotatable bonds is 5. The standard InChI is InChI=1S/C13H22BrN3O/c1-2-13(11-18)3-5-16(6-4-13)7-8-17-10-12(14)9-15-17/h9-10,18H,2-8,11H2,1H3. The van der Waals surface area contributed by atoms with E-state index >= 15 is 0 Å². The van der Waals surface area contributed by atoms with Crippen molar-refractivity contribution in [2.75, 3.05) is 26.2 Å². The molecule has 1 aliphatic rings. The van der Waals surface area contributed by atoms with Crippen molar-refractivity contribution in [1.29, 1.82) is 0 Å². The van der Waals surface area contributed by atoms with E-state index < -0.39 is 0 Å². The lowest BCUT2D eigenvalue weighted by Crippen LogP contribution is -2.42. The van der Waals surface area contributed by atoms with Crippen LogP contribution in [0.25, 0.3) is 0 Å². The van der Waals surface area contributed by atoms with Gasteiger partial charge in [0.05, 0.1) is 17.2 Å². The van der Waals surface area contributed by atoms with Gasteiger partial charge in [0, 0.05) is 19.3 Å². The predicted octanol–water partition coefficient (Wildman–Crippen LogP) is 2.13. The molecule has 0 amide bonds. The number of aromatic nitrogens is 2. The number of aliphatic hydroxyl groups is 1. The summed E-state index contributed by atoms with van der Waals surface area (Å²) in [6.07, 6.45) is 7.15. The Kier molecular flexibility index (Phi) is 4.81. The zero-order valence-electron chi connectivity index (χ0n) is 11.0. The molecule has 0 aliphatic carbocycles.